The fourth-order valence-corrected chi connectivity index (χ4v) is 3.67. The lowest BCUT2D eigenvalue weighted by molar-refractivity contribution is 0.421. The summed E-state index contributed by atoms with van der Waals surface area (Å²) < 4.78 is 0. The van der Waals surface area contributed by atoms with E-state index in [-0.39, 0.29) is 0 Å². The summed E-state index contributed by atoms with van der Waals surface area (Å²) in [6.07, 6.45) is 5.56. The number of halogens is 1. The maximum absolute atomic E-state index is 6.04. The van der Waals surface area contributed by atoms with Crippen molar-refractivity contribution in [3.63, 3.8) is 0 Å². The lowest BCUT2D eigenvalue weighted by Crippen LogP contribution is -2.10. The van der Waals surface area contributed by atoms with Crippen molar-refractivity contribution in [2.24, 2.45) is 11.8 Å². The summed E-state index contributed by atoms with van der Waals surface area (Å²) in [5, 5.41) is 0.821. The molecule has 0 spiro atoms. The minimum absolute atomic E-state index is 0.683. The van der Waals surface area contributed by atoms with Crippen LogP contribution in [0.25, 0.3) is 0 Å². The number of nitrogen functional groups attached to an aromatic ring is 1. The molecule has 0 amide bonds. The summed E-state index contributed by atoms with van der Waals surface area (Å²) in [5.74, 6) is 2.51. The number of nitrogens with two attached hydrogens (primary N) is 1. The first kappa shape index (κ1) is 9.53. The number of fused-ring (bicyclic) bond motifs is 2. The Morgan fingerprint density at radius 2 is 2.07 bits per heavy atom. The minimum Gasteiger partial charge on any atom is -0.398 e. The SMILES string of the molecule is Nc1ccc(Cl)cc1C1CC2CCC1C2. The average molecular weight is 222 g/mol. The zero-order valence-electron chi connectivity index (χ0n) is 8.75. The zero-order valence-corrected chi connectivity index (χ0v) is 9.50. The lowest BCUT2D eigenvalue weighted by atomic mass is 9.83. The molecule has 1 aromatic rings. The number of rotatable bonds is 1. The van der Waals surface area contributed by atoms with E-state index >= 15 is 0 Å². The molecule has 2 N–H and O–H groups in total. The predicted octanol–water partition coefficient (Wildman–Crippen LogP) is 3.83. The number of hydrogen-bond acceptors (Lipinski definition) is 1. The van der Waals surface area contributed by atoms with Crippen LogP contribution in [-0.2, 0) is 0 Å². The summed E-state index contributed by atoms with van der Waals surface area (Å²) in [6.45, 7) is 0. The predicted molar refractivity (Wildman–Crippen MR) is 64.1 cm³/mol. The second kappa shape index (κ2) is 3.41. The van der Waals surface area contributed by atoms with Crippen LogP contribution in [0.5, 0.6) is 0 Å². The van der Waals surface area contributed by atoms with Gasteiger partial charge in [-0.05, 0) is 60.8 Å². The van der Waals surface area contributed by atoms with Gasteiger partial charge in [0.15, 0.2) is 0 Å². The first-order valence-corrected chi connectivity index (χ1v) is 6.17. The number of anilines is 1. The molecule has 0 saturated heterocycles. The molecule has 0 heterocycles. The second-order valence-corrected chi connectivity index (χ2v) is 5.49. The van der Waals surface area contributed by atoms with E-state index in [4.69, 9.17) is 17.3 Å². The van der Waals surface area contributed by atoms with Crippen molar-refractivity contribution in [2.75, 3.05) is 5.73 Å². The Kier molecular flexibility index (Phi) is 2.17. The third-order valence-electron chi connectivity index (χ3n) is 4.19. The molecule has 2 saturated carbocycles. The molecule has 1 nitrogen and oxygen atoms in total. The molecule has 1 aromatic carbocycles. The smallest absolute Gasteiger partial charge is 0.0410 e. The van der Waals surface area contributed by atoms with E-state index in [0.717, 1.165) is 22.5 Å². The quantitative estimate of drug-likeness (QED) is 0.717. The van der Waals surface area contributed by atoms with Crippen molar-refractivity contribution < 1.29 is 0 Å². The molecule has 2 bridgehead atoms. The lowest BCUT2D eigenvalue weighted by Gasteiger charge is -2.23. The molecule has 3 rings (SSSR count). The Balaban J connectivity index is 1.96. The van der Waals surface area contributed by atoms with Crippen molar-refractivity contribution in [3.8, 4) is 0 Å². The Morgan fingerprint density at radius 3 is 2.73 bits per heavy atom. The second-order valence-electron chi connectivity index (χ2n) is 5.05. The van der Waals surface area contributed by atoms with Gasteiger partial charge in [-0.2, -0.15) is 0 Å². The molecular formula is C13H16ClN. The molecule has 0 aliphatic heterocycles. The standard InChI is InChI=1S/C13H16ClN/c14-10-3-4-13(15)12(7-10)11-6-8-1-2-9(11)5-8/h3-4,7-9,11H,1-2,5-6,15H2. The largest absolute Gasteiger partial charge is 0.398 e. The topological polar surface area (TPSA) is 26.0 Å². The van der Waals surface area contributed by atoms with Crippen LogP contribution in [0.4, 0.5) is 5.69 Å². The van der Waals surface area contributed by atoms with Gasteiger partial charge in [-0.3, -0.25) is 0 Å². The van der Waals surface area contributed by atoms with Gasteiger partial charge in [0.2, 0.25) is 0 Å². The van der Waals surface area contributed by atoms with Crippen LogP contribution < -0.4 is 5.73 Å². The molecule has 15 heavy (non-hydrogen) atoms. The first-order valence-electron chi connectivity index (χ1n) is 5.79. The van der Waals surface area contributed by atoms with Crippen LogP contribution in [0.3, 0.4) is 0 Å². The van der Waals surface area contributed by atoms with Crippen LogP contribution in [0.1, 0.15) is 37.2 Å². The summed E-state index contributed by atoms with van der Waals surface area (Å²) in [7, 11) is 0. The highest BCUT2D eigenvalue weighted by Gasteiger charge is 2.40. The Hall–Kier alpha value is -0.690. The van der Waals surface area contributed by atoms with E-state index in [2.05, 4.69) is 6.07 Å². The van der Waals surface area contributed by atoms with Crippen LogP contribution in [-0.4, -0.2) is 0 Å². The van der Waals surface area contributed by atoms with Gasteiger partial charge >= 0.3 is 0 Å². The molecule has 2 heteroatoms. The van der Waals surface area contributed by atoms with E-state index < -0.39 is 0 Å². The van der Waals surface area contributed by atoms with Gasteiger partial charge in [0.1, 0.15) is 0 Å². The maximum atomic E-state index is 6.04. The van der Waals surface area contributed by atoms with Gasteiger partial charge in [-0.1, -0.05) is 18.0 Å². The molecular weight excluding hydrogens is 206 g/mol. The molecule has 0 aromatic heterocycles. The number of hydrogen-bond donors (Lipinski definition) is 1. The molecule has 2 fully saturated rings. The zero-order chi connectivity index (χ0) is 10.4. The van der Waals surface area contributed by atoms with Crippen molar-refractivity contribution in [1.29, 1.82) is 0 Å². The van der Waals surface area contributed by atoms with Gasteiger partial charge in [0.25, 0.3) is 0 Å². The molecule has 3 unspecified atom stereocenters. The van der Waals surface area contributed by atoms with Crippen molar-refractivity contribution in [1.82, 2.24) is 0 Å². The molecule has 3 atom stereocenters. The molecule has 2 aliphatic rings. The third-order valence-corrected chi connectivity index (χ3v) is 4.42. The summed E-state index contributed by atoms with van der Waals surface area (Å²) in [6, 6.07) is 5.90. The fourth-order valence-electron chi connectivity index (χ4n) is 3.49. The monoisotopic (exact) mass is 221 g/mol. The Bertz CT molecular complexity index is 388. The van der Waals surface area contributed by atoms with Gasteiger partial charge in [0.05, 0.1) is 0 Å². The summed E-state index contributed by atoms with van der Waals surface area (Å²) in [5.41, 5.74) is 8.27. The minimum atomic E-state index is 0.683. The maximum Gasteiger partial charge on any atom is 0.0410 e. The van der Waals surface area contributed by atoms with Crippen molar-refractivity contribution in [2.45, 2.75) is 31.6 Å². The van der Waals surface area contributed by atoms with Gasteiger partial charge in [0, 0.05) is 10.7 Å². The highest BCUT2D eigenvalue weighted by atomic mass is 35.5. The third kappa shape index (κ3) is 1.53. The van der Waals surface area contributed by atoms with E-state index in [1.54, 1.807) is 0 Å². The number of benzene rings is 1. The van der Waals surface area contributed by atoms with E-state index in [1.165, 1.54) is 31.2 Å². The highest BCUT2D eigenvalue weighted by Crippen LogP contribution is 2.53. The first-order chi connectivity index (χ1) is 7.24. The highest BCUT2D eigenvalue weighted by molar-refractivity contribution is 6.30. The molecule has 80 valence electrons. The van der Waals surface area contributed by atoms with Crippen molar-refractivity contribution in [3.05, 3.63) is 28.8 Å². The van der Waals surface area contributed by atoms with E-state index in [9.17, 15) is 0 Å². The van der Waals surface area contributed by atoms with Gasteiger partial charge < -0.3 is 5.73 Å². The van der Waals surface area contributed by atoms with Gasteiger partial charge in [-0.15, -0.1) is 0 Å². The van der Waals surface area contributed by atoms with E-state index in [1.807, 2.05) is 12.1 Å². The Morgan fingerprint density at radius 1 is 1.20 bits per heavy atom. The average Bonchev–Trinajstić information content (AvgIpc) is 2.83. The van der Waals surface area contributed by atoms with Crippen LogP contribution in [0.15, 0.2) is 18.2 Å². The Labute approximate surface area is 95.6 Å². The van der Waals surface area contributed by atoms with E-state index in [0.29, 0.717) is 5.92 Å². The molecule has 0 radical (unpaired) electrons. The van der Waals surface area contributed by atoms with Crippen LogP contribution >= 0.6 is 11.6 Å². The molecule has 2 aliphatic carbocycles. The summed E-state index contributed by atoms with van der Waals surface area (Å²) in [4.78, 5) is 0. The van der Waals surface area contributed by atoms with Gasteiger partial charge in [-0.25, -0.2) is 0 Å². The van der Waals surface area contributed by atoms with Crippen LogP contribution in [0, 0.1) is 11.8 Å². The van der Waals surface area contributed by atoms with Crippen molar-refractivity contribution >= 4 is 17.3 Å². The normalized spacial score (nSPS) is 33.5. The summed E-state index contributed by atoms with van der Waals surface area (Å²) >= 11 is 6.04. The van der Waals surface area contributed by atoms with Crippen LogP contribution in [0.2, 0.25) is 5.02 Å². The fraction of sp³-hybridized carbons (Fsp3) is 0.538.